The number of piperidine rings is 1. The number of amides is 1. The lowest BCUT2D eigenvalue weighted by molar-refractivity contribution is -0.126. The summed E-state index contributed by atoms with van der Waals surface area (Å²) in [4.78, 5) is 13.8. The molecule has 0 aromatic carbocycles. The van der Waals surface area contributed by atoms with Crippen LogP contribution in [0.3, 0.4) is 0 Å². The third kappa shape index (κ3) is 3.80. The van der Waals surface area contributed by atoms with Crippen LogP contribution < -0.4 is 5.32 Å². The summed E-state index contributed by atoms with van der Waals surface area (Å²) in [7, 11) is 1.69. The molecule has 0 bridgehead atoms. The van der Waals surface area contributed by atoms with Gasteiger partial charge in [-0.05, 0) is 25.3 Å². The van der Waals surface area contributed by atoms with Gasteiger partial charge in [-0.15, -0.1) is 0 Å². The summed E-state index contributed by atoms with van der Waals surface area (Å²) in [5, 5.41) is 11.7. The quantitative estimate of drug-likeness (QED) is 0.696. The fourth-order valence-corrected chi connectivity index (χ4v) is 2.14. The predicted octanol–water partition coefficient (Wildman–Crippen LogP) is 0.0728. The van der Waals surface area contributed by atoms with Crippen molar-refractivity contribution < 1.29 is 9.90 Å². The van der Waals surface area contributed by atoms with Crippen LogP contribution in [0.1, 0.15) is 19.8 Å². The van der Waals surface area contributed by atoms with Crippen molar-refractivity contribution >= 4 is 5.91 Å². The monoisotopic (exact) mass is 214 g/mol. The van der Waals surface area contributed by atoms with Gasteiger partial charge in [0.2, 0.25) is 5.91 Å². The van der Waals surface area contributed by atoms with Gasteiger partial charge in [-0.2, -0.15) is 0 Å². The van der Waals surface area contributed by atoms with Crippen LogP contribution in [-0.4, -0.2) is 49.2 Å². The Morgan fingerprint density at radius 3 is 3.00 bits per heavy atom. The Morgan fingerprint density at radius 2 is 2.40 bits per heavy atom. The van der Waals surface area contributed by atoms with Gasteiger partial charge < -0.3 is 15.3 Å². The van der Waals surface area contributed by atoms with E-state index in [4.69, 9.17) is 5.11 Å². The normalized spacial score (nSPS) is 24.9. The third-order valence-electron chi connectivity index (χ3n) is 3.00. The van der Waals surface area contributed by atoms with Gasteiger partial charge in [-0.25, -0.2) is 0 Å². The molecule has 1 aliphatic rings. The number of likely N-dealkylation sites (tertiary alicyclic amines) is 1. The van der Waals surface area contributed by atoms with Crippen molar-refractivity contribution in [3.63, 3.8) is 0 Å². The Labute approximate surface area is 91.6 Å². The van der Waals surface area contributed by atoms with Crippen molar-refractivity contribution in [2.24, 2.45) is 11.8 Å². The molecule has 0 aromatic rings. The zero-order valence-electron chi connectivity index (χ0n) is 9.70. The molecule has 0 aromatic heterocycles. The molecule has 0 saturated carbocycles. The Morgan fingerprint density at radius 1 is 1.67 bits per heavy atom. The van der Waals surface area contributed by atoms with Crippen LogP contribution in [0.4, 0.5) is 0 Å². The van der Waals surface area contributed by atoms with Crippen molar-refractivity contribution in [2.45, 2.75) is 19.8 Å². The van der Waals surface area contributed by atoms with Crippen LogP contribution in [0.15, 0.2) is 0 Å². The largest absolute Gasteiger partial charge is 0.396 e. The summed E-state index contributed by atoms with van der Waals surface area (Å²) in [5.74, 6) is 0.583. The van der Waals surface area contributed by atoms with Crippen LogP contribution in [0.5, 0.6) is 0 Å². The van der Waals surface area contributed by atoms with E-state index in [0.717, 1.165) is 32.5 Å². The van der Waals surface area contributed by atoms with Crippen LogP contribution in [-0.2, 0) is 4.79 Å². The Balaban J connectivity index is 2.38. The minimum absolute atomic E-state index is 0.134. The van der Waals surface area contributed by atoms with E-state index in [1.807, 2.05) is 6.92 Å². The maximum absolute atomic E-state index is 11.5. The zero-order chi connectivity index (χ0) is 11.3. The van der Waals surface area contributed by atoms with E-state index < -0.39 is 0 Å². The second-order valence-corrected chi connectivity index (χ2v) is 4.50. The molecule has 1 fully saturated rings. The molecule has 4 heteroatoms. The number of hydrogen-bond donors (Lipinski definition) is 2. The lowest BCUT2D eigenvalue weighted by atomic mass is 9.96. The summed E-state index contributed by atoms with van der Waals surface area (Å²) < 4.78 is 0. The van der Waals surface area contributed by atoms with E-state index in [-0.39, 0.29) is 18.4 Å². The van der Waals surface area contributed by atoms with Gasteiger partial charge in [0.15, 0.2) is 0 Å². The maximum Gasteiger partial charge on any atom is 0.224 e. The number of aliphatic hydroxyl groups is 1. The predicted molar refractivity (Wildman–Crippen MR) is 59.5 cm³/mol. The lowest BCUT2D eigenvalue weighted by Crippen LogP contribution is -2.43. The fourth-order valence-electron chi connectivity index (χ4n) is 2.14. The number of carbonyl (C=O) groups excluding carboxylic acids is 1. The average molecular weight is 214 g/mol. The summed E-state index contributed by atoms with van der Waals surface area (Å²) >= 11 is 0. The molecular weight excluding hydrogens is 192 g/mol. The van der Waals surface area contributed by atoms with E-state index >= 15 is 0 Å². The summed E-state index contributed by atoms with van der Waals surface area (Å²) in [6.07, 6.45) is 2.07. The first-order valence-corrected chi connectivity index (χ1v) is 5.72. The molecule has 15 heavy (non-hydrogen) atoms. The van der Waals surface area contributed by atoms with Gasteiger partial charge in [0.05, 0.1) is 5.92 Å². The number of rotatable bonds is 4. The topological polar surface area (TPSA) is 52.6 Å². The van der Waals surface area contributed by atoms with E-state index in [1.165, 1.54) is 0 Å². The highest BCUT2D eigenvalue weighted by Crippen LogP contribution is 2.17. The first kappa shape index (κ1) is 12.5. The molecule has 1 rings (SSSR count). The standard InChI is InChI=1S/C11H22N2O2/c1-9(8-14)6-13-5-3-4-10(7-13)11(15)12-2/h9-10,14H,3-8H2,1-2H3,(H,12,15). The molecule has 4 nitrogen and oxygen atoms in total. The first-order valence-electron chi connectivity index (χ1n) is 5.72. The Hall–Kier alpha value is -0.610. The molecule has 88 valence electrons. The second-order valence-electron chi connectivity index (χ2n) is 4.50. The highest BCUT2D eigenvalue weighted by molar-refractivity contribution is 5.78. The van der Waals surface area contributed by atoms with E-state index in [0.29, 0.717) is 5.92 Å². The lowest BCUT2D eigenvalue weighted by Gasteiger charge is -2.33. The molecule has 0 aliphatic carbocycles. The summed E-state index contributed by atoms with van der Waals surface area (Å²) in [5.41, 5.74) is 0. The van der Waals surface area contributed by atoms with Crippen molar-refractivity contribution in [1.82, 2.24) is 10.2 Å². The molecule has 2 N–H and O–H groups in total. The highest BCUT2D eigenvalue weighted by atomic mass is 16.3. The molecule has 0 radical (unpaired) electrons. The third-order valence-corrected chi connectivity index (χ3v) is 3.00. The van der Waals surface area contributed by atoms with Crippen molar-refractivity contribution in [3.8, 4) is 0 Å². The molecule has 1 heterocycles. The molecule has 1 aliphatic heterocycles. The van der Waals surface area contributed by atoms with Crippen LogP contribution in [0, 0.1) is 11.8 Å². The Bertz CT molecular complexity index is 209. The zero-order valence-corrected chi connectivity index (χ0v) is 9.70. The van der Waals surface area contributed by atoms with Gasteiger partial charge in [-0.1, -0.05) is 6.92 Å². The minimum atomic E-state index is 0.134. The molecule has 2 unspecified atom stereocenters. The van der Waals surface area contributed by atoms with Crippen molar-refractivity contribution in [3.05, 3.63) is 0 Å². The first-order chi connectivity index (χ1) is 7.17. The summed E-state index contributed by atoms with van der Waals surface area (Å²) in [6, 6.07) is 0. The number of carbonyl (C=O) groups is 1. The van der Waals surface area contributed by atoms with Gasteiger partial charge in [0, 0.05) is 26.7 Å². The van der Waals surface area contributed by atoms with Gasteiger partial charge in [-0.3, -0.25) is 4.79 Å². The maximum atomic E-state index is 11.5. The molecule has 2 atom stereocenters. The smallest absolute Gasteiger partial charge is 0.224 e. The van der Waals surface area contributed by atoms with Crippen molar-refractivity contribution in [2.75, 3.05) is 33.3 Å². The van der Waals surface area contributed by atoms with Gasteiger partial charge in [0.25, 0.3) is 0 Å². The van der Waals surface area contributed by atoms with E-state index in [2.05, 4.69) is 10.2 Å². The number of nitrogens with zero attached hydrogens (tertiary/aromatic N) is 1. The van der Waals surface area contributed by atoms with Crippen LogP contribution in [0.2, 0.25) is 0 Å². The number of hydrogen-bond acceptors (Lipinski definition) is 3. The average Bonchev–Trinajstić information content (AvgIpc) is 2.28. The second kappa shape index (κ2) is 6.08. The summed E-state index contributed by atoms with van der Waals surface area (Å²) in [6.45, 7) is 5.04. The highest BCUT2D eigenvalue weighted by Gasteiger charge is 2.25. The number of nitrogens with one attached hydrogen (secondary N) is 1. The van der Waals surface area contributed by atoms with E-state index in [9.17, 15) is 4.79 Å². The Kier molecular flexibility index (Phi) is 5.05. The SMILES string of the molecule is CNC(=O)C1CCCN(CC(C)CO)C1. The van der Waals surface area contributed by atoms with Crippen molar-refractivity contribution in [1.29, 1.82) is 0 Å². The van der Waals surface area contributed by atoms with Gasteiger partial charge >= 0.3 is 0 Å². The van der Waals surface area contributed by atoms with Crippen LogP contribution in [0.25, 0.3) is 0 Å². The van der Waals surface area contributed by atoms with Gasteiger partial charge in [0.1, 0.15) is 0 Å². The van der Waals surface area contributed by atoms with E-state index in [1.54, 1.807) is 7.05 Å². The minimum Gasteiger partial charge on any atom is -0.396 e. The molecule has 0 spiro atoms. The number of aliphatic hydroxyl groups excluding tert-OH is 1. The fraction of sp³-hybridized carbons (Fsp3) is 0.909. The molecular formula is C11H22N2O2. The molecule has 1 amide bonds. The van der Waals surface area contributed by atoms with Crippen LogP contribution >= 0.6 is 0 Å². The molecule has 1 saturated heterocycles.